The standard InChI is InChI=1S/C18H14F3N3O2/c1-26-10-12-8-16(25)24-17(23-12)15-7-6-11(9-22-15)13-4-2-3-5-14(13)18(19,20)21/h2-9H,10H2,1H3,(H,23,24,25). The lowest BCUT2D eigenvalue weighted by Gasteiger charge is -2.12. The molecule has 3 aromatic rings. The van der Waals surface area contributed by atoms with E-state index in [4.69, 9.17) is 4.74 Å². The molecule has 1 aromatic carbocycles. The van der Waals surface area contributed by atoms with Crippen LogP contribution in [0.2, 0.25) is 0 Å². The highest BCUT2D eigenvalue weighted by molar-refractivity contribution is 5.68. The summed E-state index contributed by atoms with van der Waals surface area (Å²) in [4.78, 5) is 12.3. The highest BCUT2D eigenvalue weighted by atomic mass is 19.4. The van der Waals surface area contributed by atoms with Gasteiger partial charge in [0.2, 0.25) is 5.88 Å². The lowest BCUT2D eigenvalue weighted by Crippen LogP contribution is -2.07. The number of alkyl halides is 3. The molecule has 0 spiro atoms. The Morgan fingerprint density at radius 3 is 2.50 bits per heavy atom. The summed E-state index contributed by atoms with van der Waals surface area (Å²) in [7, 11) is 1.49. The van der Waals surface area contributed by atoms with Gasteiger partial charge >= 0.3 is 6.18 Å². The summed E-state index contributed by atoms with van der Waals surface area (Å²) in [5.41, 5.74) is 0.412. The second kappa shape index (κ2) is 7.09. The molecular formula is C18H14F3N3O2. The van der Waals surface area contributed by atoms with Crippen LogP contribution in [0.25, 0.3) is 22.6 Å². The minimum atomic E-state index is -4.46. The number of hydrogen-bond donors (Lipinski definition) is 1. The molecule has 1 N–H and O–H groups in total. The molecule has 0 aliphatic carbocycles. The van der Waals surface area contributed by atoms with E-state index >= 15 is 0 Å². The van der Waals surface area contributed by atoms with Gasteiger partial charge in [-0.2, -0.15) is 18.2 Å². The van der Waals surface area contributed by atoms with Gasteiger partial charge in [0, 0.05) is 24.9 Å². The van der Waals surface area contributed by atoms with Crippen molar-refractivity contribution >= 4 is 0 Å². The quantitative estimate of drug-likeness (QED) is 0.758. The minimum Gasteiger partial charge on any atom is -0.493 e. The molecule has 0 saturated carbocycles. The van der Waals surface area contributed by atoms with Gasteiger partial charge in [-0.1, -0.05) is 24.3 Å². The molecule has 0 atom stereocenters. The van der Waals surface area contributed by atoms with E-state index in [0.29, 0.717) is 17.0 Å². The minimum absolute atomic E-state index is 0.0379. The van der Waals surface area contributed by atoms with Crippen molar-refractivity contribution in [2.45, 2.75) is 12.8 Å². The molecule has 0 amide bonds. The first kappa shape index (κ1) is 17.8. The van der Waals surface area contributed by atoms with Crippen molar-refractivity contribution < 1.29 is 23.0 Å². The van der Waals surface area contributed by atoms with Crippen LogP contribution in [0.5, 0.6) is 5.88 Å². The van der Waals surface area contributed by atoms with E-state index in [-0.39, 0.29) is 23.9 Å². The number of halogens is 3. The fourth-order valence-corrected chi connectivity index (χ4v) is 2.49. The Hall–Kier alpha value is -3.00. The van der Waals surface area contributed by atoms with Crippen LogP contribution >= 0.6 is 0 Å². The van der Waals surface area contributed by atoms with E-state index in [1.807, 2.05) is 0 Å². The van der Waals surface area contributed by atoms with E-state index in [1.54, 1.807) is 0 Å². The average molecular weight is 361 g/mol. The number of rotatable bonds is 4. The second-order valence-electron chi connectivity index (χ2n) is 5.45. The lowest BCUT2D eigenvalue weighted by atomic mass is 10.0. The summed E-state index contributed by atoms with van der Waals surface area (Å²) in [5, 5.41) is 9.68. The first-order valence-electron chi connectivity index (χ1n) is 7.57. The average Bonchev–Trinajstić information content (AvgIpc) is 2.61. The SMILES string of the molecule is COCc1cc(O)nc(-c2ccc(-c3ccccc3C(F)(F)F)cn2)n1. The first-order valence-corrected chi connectivity index (χ1v) is 7.57. The third kappa shape index (κ3) is 3.80. The van der Waals surface area contributed by atoms with E-state index in [1.165, 1.54) is 49.7 Å². The molecule has 134 valence electrons. The zero-order chi connectivity index (χ0) is 18.7. The van der Waals surface area contributed by atoms with Crippen LogP contribution in [-0.2, 0) is 17.5 Å². The van der Waals surface area contributed by atoms with Crippen LogP contribution in [0.1, 0.15) is 11.3 Å². The van der Waals surface area contributed by atoms with Crippen LogP contribution in [0.3, 0.4) is 0 Å². The Morgan fingerprint density at radius 1 is 1.08 bits per heavy atom. The van der Waals surface area contributed by atoms with Crippen LogP contribution < -0.4 is 0 Å². The number of aromatic hydroxyl groups is 1. The molecule has 3 rings (SSSR count). The summed E-state index contributed by atoms with van der Waals surface area (Å²) in [6, 6.07) is 9.67. The number of ether oxygens (including phenoxy) is 1. The van der Waals surface area contributed by atoms with Gasteiger partial charge in [-0.25, -0.2) is 4.98 Å². The summed E-state index contributed by atoms with van der Waals surface area (Å²) < 4.78 is 44.4. The number of hydrogen-bond acceptors (Lipinski definition) is 5. The molecule has 0 fully saturated rings. The Bertz CT molecular complexity index is 912. The molecule has 0 aliphatic rings. The zero-order valence-corrected chi connectivity index (χ0v) is 13.7. The number of nitrogens with zero attached hydrogens (tertiary/aromatic N) is 3. The predicted octanol–water partition coefficient (Wildman–Crippen LogP) is 4.08. The smallest absolute Gasteiger partial charge is 0.417 e. The highest BCUT2D eigenvalue weighted by Gasteiger charge is 2.33. The van der Waals surface area contributed by atoms with Crippen molar-refractivity contribution in [3.05, 3.63) is 59.9 Å². The molecule has 2 heterocycles. The Morgan fingerprint density at radius 2 is 1.85 bits per heavy atom. The van der Waals surface area contributed by atoms with Gasteiger partial charge in [-0.15, -0.1) is 0 Å². The zero-order valence-electron chi connectivity index (χ0n) is 13.7. The maximum atomic E-state index is 13.2. The number of benzene rings is 1. The summed E-state index contributed by atoms with van der Waals surface area (Å²) in [6.45, 7) is 0.181. The van der Waals surface area contributed by atoms with Crippen LogP contribution in [-0.4, -0.2) is 27.2 Å². The summed E-state index contributed by atoms with van der Waals surface area (Å²) >= 11 is 0. The van der Waals surface area contributed by atoms with Crippen LogP contribution in [0.4, 0.5) is 13.2 Å². The van der Waals surface area contributed by atoms with Crippen molar-refractivity contribution in [1.82, 2.24) is 15.0 Å². The van der Waals surface area contributed by atoms with Gasteiger partial charge in [-0.3, -0.25) is 4.98 Å². The van der Waals surface area contributed by atoms with Crippen LogP contribution in [0.15, 0.2) is 48.7 Å². The molecular weight excluding hydrogens is 347 g/mol. The predicted molar refractivity (Wildman–Crippen MR) is 88.1 cm³/mol. The van der Waals surface area contributed by atoms with E-state index < -0.39 is 11.7 Å². The maximum absolute atomic E-state index is 13.2. The molecule has 0 unspecified atom stereocenters. The molecule has 2 aromatic heterocycles. The van der Waals surface area contributed by atoms with Gasteiger partial charge in [0.05, 0.1) is 17.9 Å². The Kier molecular flexibility index (Phi) is 4.85. The van der Waals surface area contributed by atoms with Crippen molar-refractivity contribution in [3.8, 4) is 28.5 Å². The maximum Gasteiger partial charge on any atom is 0.417 e. The molecule has 26 heavy (non-hydrogen) atoms. The van der Waals surface area contributed by atoms with Gasteiger partial charge in [0.1, 0.15) is 5.69 Å². The van der Waals surface area contributed by atoms with E-state index in [9.17, 15) is 18.3 Å². The summed E-state index contributed by atoms with van der Waals surface area (Å²) in [5.74, 6) is -0.0805. The van der Waals surface area contributed by atoms with Crippen LogP contribution in [0, 0.1) is 0 Å². The van der Waals surface area contributed by atoms with Gasteiger partial charge in [0.25, 0.3) is 0 Å². The third-order valence-corrected chi connectivity index (χ3v) is 3.59. The van der Waals surface area contributed by atoms with Gasteiger partial charge in [-0.05, 0) is 17.7 Å². The number of aromatic nitrogens is 3. The topological polar surface area (TPSA) is 68.1 Å². The monoisotopic (exact) mass is 361 g/mol. The van der Waals surface area contributed by atoms with Gasteiger partial charge < -0.3 is 9.84 Å². The van der Waals surface area contributed by atoms with Crippen molar-refractivity contribution in [3.63, 3.8) is 0 Å². The fourth-order valence-electron chi connectivity index (χ4n) is 2.49. The normalized spacial score (nSPS) is 11.5. The number of methoxy groups -OCH3 is 1. The molecule has 5 nitrogen and oxygen atoms in total. The van der Waals surface area contributed by atoms with Crippen molar-refractivity contribution in [1.29, 1.82) is 0 Å². The number of pyridine rings is 1. The molecule has 0 bridgehead atoms. The molecule has 0 saturated heterocycles. The molecule has 0 radical (unpaired) electrons. The largest absolute Gasteiger partial charge is 0.493 e. The van der Waals surface area contributed by atoms with E-state index in [2.05, 4.69) is 15.0 Å². The fraction of sp³-hybridized carbons (Fsp3) is 0.167. The van der Waals surface area contributed by atoms with E-state index in [0.717, 1.165) is 6.07 Å². The first-order chi connectivity index (χ1) is 12.4. The lowest BCUT2D eigenvalue weighted by molar-refractivity contribution is -0.137. The molecule has 0 aliphatic heterocycles. The second-order valence-corrected chi connectivity index (χ2v) is 5.45. The summed E-state index contributed by atoms with van der Waals surface area (Å²) in [6.07, 6.45) is -3.14. The Balaban J connectivity index is 1.98. The van der Waals surface area contributed by atoms with Gasteiger partial charge in [0.15, 0.2) is 5.82 Å². The third-order valence-electron chi connectivity index (χ3n) is 3.59. The van der Waals surface area contributed by atoms with Crippen molar-refractivity contribution in [2.75, 3.05) is 7.11 Å². The highest BCUT2D eigenvalue weighted by Crippen LogP contribution is 2.36. The Labute approximate surface area is 147 Å². The van der Waals surface area contributed by atoms with Crippen molar-refractivity contribution in [2.24, 2.45) is 0 Å². The molecule has 8 heteroatoms.